The standard InChI is InChI=1S/C20H30N2O2/c1-15(23)22-11-4-6-16-12-17(7-8-18(16)22)19(24)13-21-10-5-9-20(2,3)14-21/h7-8,12,19,24H,4-6,9-11,13-14H2,1-3H3. The summed E-state index contributed by atoms with van der Waals surface area (Å²) in [5, 5.41) is 10.7. The first-order valence-corrected chi connectivity index (χ1v) is 9.17. The lowest BCUT2D eigenvalue weighted by Crippen LogP contribution is -2.42. The van der Waals surface area contributed by atoms with Crippen LogP contribution in [0.25, 0.3) is 0 Å². The minimum atomic E-state index is -0.461. The molecule has 1 saturated heterocycles. The number of anilines is 1. The quantitative estimate of drug-likeness (QED) is 0.926. The molecule has 1 aromatic carbocycles. The van der Waals surface area contributed by atoms with Crippen molar-refractivity contribution in [1.82, 2.24) is 4.90 Å². The fraction of sp³-hybridized carbons (Fsp3) is 0.650. The molecule has 4 nitrogen and oxygen atoms in total. The Kier molecular flexibility index (Phi) is 4.97. The van der Waals surface area contributed by atoms with E-state index in [1.165, 1.54) is 18.4 Å². The average molecular weight is 330 g/mol. The van der Waals surface area contributed by atoms with Crippen molar-refractivity contribution >= 4 is 11.6 Å². The van der Waals surface area contributed by atoms with Crippen LogP contribution in [0.4, 0.5) is 5.69 Å². The van der Waals surface area contributed by atoms with Gasteiger partial charge < -0.3 is 10.0 Å². The van der Waals surface area contributed by atoms with E-state index in [9.17, 15) is 9.90 Å². The van der Waals surface area contributed by atoms with E-state index >= 15 is 0 Å². The molecule has 1 unspecified atom stereocenters. The zero-order valence-corrected chi connectivity index (χ0v) is 15.2. The second-order valence-electron chi connectivity index (χ2n) is 8.18. The zero-order valence-electron chi connectivity index (χ0n) is 15.2. The van der Waals surface area contributed by atoms with Gasteiger partial charge in [0.05, 0.1) is 6.10 Å². The van der Waals surface area contributed by atoms with E-state index in [-0.39, 0.29) is 5.91 Å². The third kappa shape index (κ3) is 3.81. The van der Waals surface area contributed by atoms with Gasteiger partial charge in [-0.05, 0) is 54.8 Å². The van der Waals surface area contributed by atoms with Crippen molar-refractivity contribution in [2.24, 2.45) is 5.41 Å². The van der Waals surface area contributed by atoms with Crippen molar-refractivity contribution < 1.29 is 9.90 Å². The van der Waals surface area contributed by atoms with E-state index < -0.39 is 6.10 Å². The number of hydrogen-bond acceptors (Lipinski definition) is 3. The van der Waals surface area contributed by atoms with Crippen molar-refractivity contribution in [2.45, 2.75) is 52.6 Å². The average Bonchev–Trinajstić information content (AvgIpc) is 2.52. The van der Waals surface area contributed by atoms with Crippen LogP contribution in [-0.2, 0) is 11.2 Å². The number of aliphatic hydroxyl groups excluding tert-OH is 1. The van der Waals surface area contributed by atoms with Gasteiger partial charge in [-0.2, -0.15) is 0 Å². The number of carbonyl (C=O) groups is 1. The van der Waals surface area contributed by atoms with E-state index in [1.54, 1.807) is 6.92 Å². The van der Waals surface area contributed by atoms with Gasteiger partial charge in [-0.3, -0.25) is 9.69 Å². The molecule has 3 rings (SSSR count). The van der Waals surface area contributed by atoms with Crippen LogP contribution < -0.4 is 4.90 Å². The molecule has 0 radical (unpaired) electrons. The number of amides is 1. The van der Waals surface area contributed by atoms with Crippen LogP contribution in [0, 0.1) is 5.41 Å². The molecule has 0 bridgehead atoms. The fourth-order valence-corrected chi connectivity index (χ4v) is 4.20. The highest BCUT2D eigenvalue weighted by molar-refractivity contribution is 5.92. The van der Waals surface area contributed by atoms with Crippen LogP contribution in [0.3, 0.4) is 0 Å². The largest absolute Gasteiger partial charge is 0.387 e. The molecule has 2 heterocycles. The van der Waals surface area contributed by atoms with Crippen molar-refractivity contribution in [2.75, 3.05) is 31.1 Å². The SMILES string of the molecule is CC(=O)N1CCCc2cc(C(O)CN3CCCC(C)(C)C3)ccc21. The minimum Gasteiger partial charge on any atom is -0.387 e. The summed E-state index contributed by atoms with van der Waals surface area (Å²) in [5.41, 5.74) is 3.52. The lowest BCUT2D eigenvalue weighted by atomic mass is 9.84. The van der Waals surface area contributed by atoms with Gasteiger partial charge in [0.1, 0.15) is 0 Å². The number of likely N-dealkylation sites (tertiary alicyclic amines) is 1. The Labute approximate surface area is 145 Å². The zero-order chi connectivity index (χ0) is 17.3. The molecule has 0 spiro atoms. The van der Waals surface area contributed by atoms with E-state index in [0.717, 1.165) is 43.7 Å². The number of rotatable bonds is 3. The Morgan fingerprint density at radius 1 is 1.29 bits per heavy atom. The Balaban J connectivity index is 1.72. The van der Waals surface area contributed by atoms with Crippen LogP contribution in [0.1, 0.15) is 57.3 Å². The third-order valence-electron chi connectivity index (χ3n) is 5.40. The molecule has 1 amide bonds. The summed E-state index contributed by atoms with van der Waals surface area (Å²) < 4.78 is 0. The molecule has 1 N–H and O–H groups in total. The molecule has 2 aliphatic rings. The van der Waals surface area contributed by atoms with Crippen LogP contribution in [0.5, 0.6) is 0 Å². The predicted molar refractivity (Wildman–Crippen MR) is 97.2 cm³/mol. The van der Waals surface area contributed by atoms with E-state index in [0.29, 0.717) is 12.0 Å². The van der Waals surface area contributed by atoms with Gasteiger partial charge in [-0.15, -0.1) is 0 Å². The molecule has 2 aliphatic heterocycles. The maximum atomic E-state index is 11.8. The number of nitrogens with zero attached hydrogens (tertiary/aromatic N) is 2. The first-order chi connectivity index (χ1) is 11.4. The highest BCUT2D eigenvalue weighted by Crippen LogP contribution is 2.32. The van der Waals surface area contributed by atoms with Gasteiger partial charge in [0, 0.05) is 32.2 Å². The summed E-state index contributed by atoms with van der Waals surface area (Å²) in [7, 11) is 0. The number of β-amino-alcohol motifs (C(OH)–C–C–N with tert-alkyl or cyclic N) is 1. The lowest BCUT2D eigenvalue weighted by molar-refractivity contribution is -0.116. The number of fused-ring (bicyclic) bond motifs is 1. The van der Waals surface area contributed by atoms with Crippen molar-refractivity contribution in [1.29, 1.82) is 0 Å². The molecule has 1 atom stereocenters. The topological polar surface area (TPSA) is 43.8 Å². The molecule has 0 aliphatic carbocycles. The molecule has 1 fully saturated rings. The van der Waals surface area contributed by atoms with E-state index in [2.05, 4.69) is 24.8 Å². The van der Waals surface area contributed by atoms with Crippen LogP contribution in [0.15, 0.2) is 18.2 Å². The van der Waals surface area contributed by atoms with Gasteiger partial charge in [0.25, 0.3) is 0 Å². The summed E-state index contributed by atoms with van der Waals surface area (Å²) in [5.74, 6) is 0.0970. The Morgan fingerprint density at radius 3 is 2.79 bits per heavy atom. The van der Waals surface area contributed by atoms with Crippen LogP contribution >= 0.6 is 0 Å². The summed E-state index contributed by atoms with van der Waals surface area (Å²) in [6, 6.07) is 6.10. The number of benzene rings is 1. The molecule has 24 heavy (non-hydrogen) atoms. The Hall–Kier alpha value is -1.39. The number of aliphatic hydroxyl groups is 1. The number of piperidine rings is 1. The molecule has 0 aromatic heterocycles. The Morgan fingerprint density at radius 2 is 2.08 bits per heavy atom. The maximum Gasteiger partial charge on any atom is 0.223 e. The molecule has 1 aromatic rings. The highest BCUT2D eigenvalue weighted by Gasteiger charge is 2.28. The first kappa shape index (κ1) is 17.4. The highest BCUT2D eigenvalue weighted by atomic mass is 16.3. The van der Waals surface area contributed by atoms with Crippen LogP contribution in [0.2, 0.25) is 0 Å². The fourth-order valence-electron chi connectivity index (χ4n) is 4.20. The summed E-state index contributed by atoms with van der Waals surface area (Å²) in [6.07, 6.45) is 3.98. The normalized spacial score (nSPS) is 22.1. The third-order valence-corrected chi connectivity index (χ3v) is 5.40. The van der Waals surface area contributed by atoms with Crippen molar-refractivity contribution in [3.8, 4) is 0 Å². The second-order valence-corrected chi connectivity index (χ2v) is 8.18. The van der Waals surface area contributed by atoms with Crippen molar-refractivity contribution in [3.63, 3.8) is 0 Å². The molecule has 132 valence electrons. The van der Waals surface area contributed by atoms with Gasteiger partial charge in [-0.25, -0.2) is 0 Å². The Bertz CT molecular complexity index is 612. The number of aryl methyl sites for hydroxylation is 1. The van der Waals surface area contributed by atoms with Gasteiger partial charge in [-0.1, -0.05) is 26.0 Å². The molecular weight excluding hydrogens is 300 g/mol. The first-order valence-electron chi connectivity index (χ1n) is 9.17. The van der Waals surface area contributed by atoms with E-state index in [4.69, 9.17) is 0 Å². The predicted octanol–water partition coefficient (Wildman–Crippen LogP) is 3.14. The lowest BCUT2D eigenvalue weighted by Gasteiger charge is -2.39. The number of hydrogen-bond donors (Lipinski definition) is 1. The second kappa shape index (κ2) is 6.85. The maximum absolute atomic E-state index is 11.8. The smallest absolute Gasteiger partial charge is 0.223 e. The summed E-state index contributed by atoms with van der Waals surface area (Å²) in [4.78, 5) is 16.0. The van der Waals surface area contributed by atoms with Crippen molar-refractivity contribution in [3.05, 3.63) is 29.3 Å². The molecule has 0 saturated carbocycles. The summed E-state index contributed by atoms with van der Waals surface area (Å²) in [6.45, 7) is 9.85. The van der Waals surface area contributed by atoms with Gasteiger partial charge in [0.2, 0.25) is 5.91 Å². The number of carbonyl (C=O) groups excluding carboxylic acids is 1. The van der Waals surface area contributed by atoms with Gasteiger partial charge in [0.15, 0.2) is 0 Å². The molecule has 4 heteroatoms. The minimum absolute atomic E-state index is 0.0970. The van der Waals surface area contributed by atoms with Crippen LogP contribution in [-0.4, -0.2) is 42.1 Å². The monoisotopic (exact) mass is 330 g/mol. The van der Waals surface area contributed by atoms with E-state index in [1.807, 2.05) is 17.0 Å². The van der Waals surface area contributed by atoms with Gasteiger partial charge >= 0.3 is 0 Å². The summed E-state index contributed by atoms with van der Waals surface area (Å²) >= 11 is 0. The molecular formula is C20H30N2O2.